The standard InChI is InChI=1S/C20H24N2O3S/c23-16(13-24-14-17-4-3-11-25-17)12-22-9-7-15(8-10-22)20-21-18-5-1-2-6-19(18)26-20/h1-6,11,15-16,23H,7-10,12-14H2. The molecule has 1 saturated heterocycles. The number of ether oxygens (including phenoxy) is 1. The molecule has 0 saturated carbocycles. The van der Waals surface area contributed by atoms with Crippen LogP contribution in [0.5, 0.6) is 0 Å². The van der Waals surface area contributed by atoms with Crippen molar-refractivity contribution < 1.29 is 14.3 Å². The van der Waals surface area contributed by atoms with Gasteiger partial charge in [-0.25, -0.2) is 4.98 Å². The Balaban J connectivity index is 1.21. The number of β-amino-alcohol motifs (C(OH)–C–C–N with tert-alkyl or cyclic N) is 1. The number of aromatic nitrogens is 1. The van der Waals surface area contributed by atoms with Crippen LogP contribution in [0, 0.1) is 0 Å². The minimum atomic E-state index is -0.469. The van der Waals surface area contributed by atoms with E-state index in [1.807, 2.05) is 29.5 Å². The van der Waals surface area contributed by atoms with Crippen LogP contribution in [0.4, 0.5) is 0 Å². The number of para-hydroxylation sites is 1. The van der Waals surface area contributed by atoms with Gasteiger partial charge < -0.3 is 19.2 Å². The van der Waals surface area contributed by atoms with Crippen LogP contribution in [0.3, 0.4) is 0 Å². The van der Waals surface area contributed by atoms with Crippen molar-refractivity contribution in [3.8, 4) is 0 Å². The summed E-state index contributed by atoms with van der Waals surface area (Å²) >= 11 is 1.82. The molecule has 1 aromatic carbocycles. The predicted octanol–water partition coefficient (Wildman–Crippen LogP) is 3.65. The molecule has 5 nitrogen and oxygen atoms in total. The highest BCUT2D eigenvalue weighted by Gasteiger charge is 2.24. The molecule has 0 spiro atoms. The third-order valence-corrected chi connectivity index (χ3v) is 6.05. The predicted molar refractivity (Wildman–Crippen MR) is 102 cm³/mol. The molecule has 138 valence electrons. The zero-order chi connectivity index (χ0) is 17.8. The van der Waals surface area contributed by atoms with Gasteiger partial charge in [0.1, 0.15) is 12.4 Å². The van der Waals surface area contributed by atoms with E-state index >= 15 is 0 Å². The van der Waals surface area contributed by atoms with Crippen LogP contribution < -0.4 is 0 Å². The Kier molecular flexibility index (Phi) is 5.65. The number of furan rings is 1. The van der Waals surface area contributed by atoms with Crippen molar-refractivity contribution in [3.05, 3.63) is 53.4 Å². The first kappa shape index (κ1) is 17.7. The molecular weight excluding hydrogens is 348 g/mol. The van der Waals surface area contributed by atoms with Gasteiger partial charge in [-0.05, 0) is 50.2 Å². The molecule has 2 aromatic heterocycles. The second kappa shape index (κ2) is 8.31. The zero-order valence-electron chi connectivity index (χ0n) is 14.7. The van der Waals surface area contributed by atoms with Gasteiger partial charge in [-0.2, -0.15) is 0 Å². The highest BCUT2D eigenvalue weighted by molar-refractivity contribution is 7.18. The molecule has 1 N–H and O–H groups in total. The normalized spacial score (nSPS) is 17.7. The van der Waals surface area contributed by atoms with Crippen LogP contribution in [0.1, 0.15) is 29.5 Å². The second-order valence-corrected chi connectivity index (χ2v) is 7.91. The summed E-state index contributed by atoms with van der Waals surface area (Å²) in [6, 6.07) is 12.1. The third-order valence-electron chi connectivity index (χ3n) is 4.85. The Bertz CT molecular complexity index is 776. The lowest BCUT2D eigenvalue weighted by molar-refractivity contribution is 0.00174. The van der Waals surface area contributed by atoms with Crippen molar-refractivity contribution in [2.45, 2.75) is 31.5 Å². The van der Waals surface area contributed by atoms with Gasteiger partial charge >= 0.3 is 0 Å². The molecule has 0 bridgehead atoms. The van der Waals surface area contributed by atoms with E-state index in [-0.39, 0.29) is 0 Å². The van der Waals surface area contributed by atoms with E-state index in [1.165, 1.54) is 9.71 Å². The molecule has 3 heterocycles. The van der Waals surface area contributed by atoms with Crippen molar-refractivity contribution in [1.29, 1.82) is 0 Å². The smallest absolute Gasteiger partial charge is 0.129 e. The van der Waals surface area contributed by atoms with Crippen LogP contribution in [0.15, 0.2) is 47.1 Å². The minimum Gasteiger partial charge on any atom is -0.467 e. The van der Waals surface area contributed by atoms with Gasteiger partial charge in [0, 0.05) is 12.5 Å². The number of piperidine rings is 1. The number of nitrogens with zero attached hydrogens (tertiary/aromatic N) is 2. The fourth-order valence-corrected chi connectivity index (χ4v) is 4.60. The fourth-order valence-electron chi connectivity index (χ4n) is 3.47. The number of hydrogen-bond donors (Lipinski definition) is 1. The Morgan fingerprint density at radius 1 is 1.23 bits per heavy atom. The zero-order valence-corrected chi connectivity index (χ0v) is 15.5. The monoisotopic (exact) mass is 372 g/mol. The van der Waals surface area contributed by atoms with Crippen LogP contribution in [-0.4, -0.2) is 47.3 Å². The highest BCUT2D eigenvalue weighted by atomic mass is 32.1. The van der Waals surface area contributed by atoms with Crippen molar-refractivity contribution in [2.24, 2.45) is 0 Å². The number of thiazole rings is 1. The molecule has 1 aliphatic heterocycles. The summed E-state index contributed by atoms with van der Waals surface area (Å²) in [6.45, 7) is 3.39. The lowest BCUT2D eigenvalue weighted by Crippen LogP contribution is -2.39. The number of aliphatic hydroxyl groups is 1. The van der Waals surface area contributed by atoms with Gasteiger partial charge in [0.05, 0.1) is 34.2 Å². The molecule has 0 aliphatic carbocycles. The van der Waals surface area contributed by atoms with Crippen molar-refractivity contribution in [1.82, 2.24) is 9.88 Å². The summed E-state index contributed by atoms with van der Waals surface area (Å²) in [5.41, 5.74) is 1.11. The van der Waals surface area contributed by atoms with E-state index < -0.39 is 6.10 Å². The Labute approximate surface area is 157 Å². The Morgan fingerprint density at radius 2 is 2.08 bits per heavy atom. The summed E-state index contributed by atoms with van der Waals surface area (Å²) in [5.74, 6) is 1.32. The molecule has 1 unspecified atom stereocenters. The molecule has 0 radical (unpaired) electrons. The second-order valence-electron chi connectivity index (χ2n) is 6.84. The van der Waals surface area contributed by atoms with Gasteiger partial charge in [-0.3, -0.25) is 0 Å². The van der Waals surface area contributed by atoms with Crippen molar-refractivity contribution >= 4 is 21.6 Å². The summed E-state index contributed by atoms with van der Waals surface area (Å²) in [7, 11) is 0. The summed E-state index contributed by atoms with van der Waals surface area (Å²) in [6.07, 6.45) is 3.36. The van der Waals surface area contributed by atoms with Gasteiger partial charge in [-0.1, -0.05) is 12.1 Å². The Morgan fingerprint density at radius 3 is 2.85 bits per heavy atom. The maximum absolute atomic E-state index is 10.2. The summed E-state index contributed by atoms with van der Waals surface area (Å²) < 4.78 is 12.0. The summed E-state index contributed by atoms with van der Waals surface area (Å²) in [5, 5.41) is 11.5. The molecule has 1 atom stereocenters. The number of fused-ring (bicyclic) bond motifs is 1. The number of rotatable bonds is 7. The first-order chi connectivity index (χ1) is 12.8. The highest BCUT2D eigenvalue weighted by Crippen LogP contribution is 2.33. The van der Waals surface area contributed by atoms with E-state index in [9.17, 15) is 5.11 Å². The van der Waals surface area contributed by atoms with Gasteiger partial charge in [0.25, 0.3) is 0 Å². The van der Waals surface area contributed by atoms with E-state index in [0.717, 1.165) is 37.2 Å². The number of likely N-dealkylation sites (tertiary alicyclic amines) is 1. The van der Waals surface area contributed by atoms with E-state index in [0.29, 0.717) is 25.7 Å². The van der Waals surface area contributed by atoms with Crippen molar-refractivity contribution in [3.63, 3.8) is 0 Å². The average molecular weight is 372 g/mol. The maximum Gasteiger partial charge on any atom is 0.129 e. The van der Waals surface area contributed by atoms with Gasteiger partial charge in [0.2, 0.25) is 0 Å². The third kappa shape index (κ3) is 4.32. The maximum atomic E-state index is 10.2. The molecule has 0 amide bonds. The molecule has 6 heteroatoms. The first-order valence-electron chi connectivity index (χ1n) is 9.14. The average Bonchev–Trinajstić information content (AvgIpc) is 3.31. The molecular formula is C20H24N2O3S. The first-order valence-corrected chi connectivity index (χ1v) is 9.95. The lowest BCUT2D eigenvalue weighted by Gasteiger charge is -2.32. The molecule has 3 aromatic rings. The van der Waals surface area contributed by atoms with Crippen LogP contribution in [-0.2, 0) is 11.3 Å². The SMILES string of the molecule is OC(COCc1ccco1)CN1CCC(c2nc3ccccc3s2)CC1. The van der Waals surface area contributed by atoms with Crippen molar-refractivity contribution in [2.75, 3.05) is 26.2 Å². The lowest BCUT2D eigenvalue weighted by atomic mass is 9.97. The molecule has 1 aliphatic rings. The largest absolute Gasteiger partial charge is 0.467 e. The van der Waals surface area contributed by atoms with Crippen LogP contribution in [0.2, 0.25) is 0 Å². The molecule has 1 fully saturated rings. The van der Waals surface area contributed by atoms with Crippen LogP contribution >= 0.6 is 11.3 Å². The minimum absolute atomic E-state index is 0.332. The van der Waals surface area contributed by atoms with Gasteiger partial charge in [0.15, 0.2) is 0 Å². The quantitative estimate of drug-likeness (QED) is 0.686. The number of hydrogen-bond acceptors (Lipinski definition) is 6. The summed E-state index contributed by atoms with van der Waals surface area (Å²) in [4.78, 5) is 7.13. The molecule has 26 heavy (non-hydrogen) atoms. The van der Waals surface area contributed by atoms with Gasteiger partial charge in [-0.15, -0.1) is 11.3 Å². The fraction of sp³-hybridized carbons (Fsp3) is 0.450. The van der Waals surface area contributed by atoms with Crippen LogP contribution in [0.25, 0.3) is 10.2 Å². The van der Waals surface area contributed by atoms with E-state index in [2.05, 4.69) is 23.1 Å². The topological polar surface area (TPSA) is 58.7 Å². The molecule has 4 rings (SSSR count). The van der Waals surface area contributed by atoms with E-state index in [1.54, 1.807) is 6.26 Å². The Hall–Kier alpha value is -1.73. The van der Waals surface area contributed by atoms with E-state index in [4.69, 9.17) is 14.1 Å². The number of aliphatic hydroxyl groups excluding tert-OH is 1. The number of benzene rings is 1.